The Hall–Kier alpha value is -0.640. The first-order chi connectivity index (χ1) is 12.0. The molecule has 0 unspecified atom stereocenters. The summed E-state index contributed by atoms with van der Waals surface area (Å²) in [6.07, 6.45) is 12.0. The first-order valence-corrected chi connectivity index (χ1v) is 10.3. The van der Waals surface area contributed by atoms with Gasteiger partial charge in [-0.15, -0.1) is 0 Å². The summed E-state index contributed by atoms with van der Waals surface area (Å²) in [5, 5.41) is 10.7. The van der Waals surface area contributed by atoms with Crippen LogP contribution in [0.5, 0.6) is 0 Å². The average Bonchev–Trinajstić information content (AvgIpc) is 3.15. The van der Waals surface area contributed by atoms with Crippen LogP contribution in [0.1, 0.15) is 59.3 Å². The smallest absolute Gasteiger partial charge is 0.148 e. The standard InChI is InChI=1S/C22H32O3/c1-4-14-18(23)11-17-13-5-6-16-20-19(24-12-25-20)8-10-22(16,3)15(13)7-9-21(14,17)2/h4,6,13,15,17-20,23H,5,7-12H2,1-3H3/b14-4+/t13-,15+,17+,18-,19+,20-,21-,22-/m1/s1. The molecule has 5 aliphatic rings. The normalized spacial score (nSPS) is 56.0. The van der Waals surface area contributed by atoms with Gasteiger partial charge in [0.25, 0.3) is 0 Å². The Morgan fingerprint density at radius 3 is 2.72 bits per heavy atom. The van der Waals surface area contributed by atoms with Crippen molar-refractivity contribution in [1.82, 2.24) is 0 Å². The molecule has 4 aliphatic carbocycles. The van der Waals surface area contributed by atoms with E-state index in [0.717, 1.165) is 25.2 Å². The largest absolute Gasteiger partial charge is 0.389 e. The van der Waals surface area contributed by atoms with E-state index >= 15 is 0 Å². The molecule has 1 heterocycles. The molecular weight excluding hydrogens is 312 g/mol. The molecule has 0 aromatic carbocycles. The van der Waals surface area contributed by atoms with Gasteiger partial charge in [-0.3, -0.25) is 0 Å². The van der Waals surface area contributed by atoms with Gasteiger partial charge >= 0.3 is 0 Å². The molecule has 0 spiro atoms. The maximum Gasteiger partial charge on any atom is 0.148 e. The lowest BCUT2D eigenvalue weighted by atomic mass is 9.47. The monoisotopic (exact) mass is 344 g/mol. The predicted octanol–water partition coefficient (Wildman–Crippen LogP) is 4.22. The highest BCUT2D eigenvalue weighted by atomic mass is 16.7. The average molecular weight is 344 g/mol. The van der Waals surface area contributed by atoms with Crippen LogP contribution in [0.15, 0.2) is 23.3 Å². The van der Waals surface area contributed by atoms with Gasteiger partial charge in [-0.25, -0.2) is 0 Å². The second-order valence-corrected chi connectivity index (χ2v) is 9.59. The number of allylic oxidation sites excluding steroid dienone is 2. The Bertz CT molecular complexity index is 637. The third-order valence-electron chi connectivity index (χ3n) is 8.84. The second-order valence-electron chi connectivity index (χ2n) is 9.59. The molecule has 4 fully saturated rings. The highest BCUT2D eigenvalue weighted by Gasteiger charge is 2.60. The van der Waals surface area contributed by atoms with E-state index in [1.54, 1.807) is 0 Å². The van der Waals surface area contributed by atoms with Crippen LogP contribution >= 0.6 is 0 Å². The molecule has 1 N–H and O–H groups in total. The lowest BCUT2D eigenvalue weighted by Gasteiger charge is -2.58. The fourth-order valence-electron chi connectivity index (χ4n) is 7.63. The van der Waals surface area contributed by atoms with Crippen molar-refractivity contribution in [1.29, 1.82) is 0 Å². The van der Waals surface area contributed by atoms with Gasteiger partial charge in [0, 0.05) is 0 Å². The summed E-state index contributed by atoms with van der Waals surface area (Å²) in [6.45, 7) is 7.50. The molecule has 0 bridgehead atoms. The molecule has 5 rings (SSSR count). The van der Waals surface area contributed by atoms with Crippen LogP contribution in [0.4, 0.5) is 0 Å². The SMILES string of the molecule is C/C=C1\[C@H](O)C[C@H]2[C@@H]3CC=C4[C@H]5OCO[C@H]5CC[C@]4(C)[C@H]3CC[C@]12C. The van der Waals surface area contributed by atoms with E-state index in [1.807, 2.05) is 0 Å². The molecule has 0 radical (unpaired) electrons. The van der Waals surface area contributed by atoms with Crippen molar-refractivity contribution >= 4 is 0 Å². The molecule has 8 atom stereocenters. The fraction of sp³-hybridized carbons (Fsp3) is 0.818. The first-order valence-electron chi connectivity index (χ1n) is 10.3. The van der Waals surface area contributed by atoms with E-state index in [0.29, 0.717) is 18.6 Å². The van der Waals surface area contributed by atoms with Crippen molar-refractivity contribution in [2.75, 3.05) is 6.79 Å². The molecule has 138 valence electrons. The fourth-order valence-corrected chi connectivity index (χ4v) is 7.63. The van der Waals surface area contributed by atoms with E-state index < -0.39 is 0 Å². The Labute approximate surface area is 151 Å². The summed E-state index contributed by atoms with van der Waals surface area (Å²) in [5.41, 5.74) is 3.33. The molecule has 3 nitrogen and oxygen atoms in total. The minimum atomic E-state index is -0.223. The molecule has 0 aromatic rings. The molecule has 0 aromatic heterocycles. The first kappa shape index (κ1) is 16.5. The van der Waals surface area contributed by atoms with Crippen LogP contribution < -0.4 is 0 Å². The van der Waals surface area contributed by atoms with E-state index in [9.17, 15) is 5.11 Å². The Balaban J connectivity index is 1.52. The zero-order chi connectivity index (χ0) is 17.4. The third kappa shape index (κ3) is 2.04. The Morgan fingerprint density at radius 1 is 1.12 bits per heavy atom. The van der Waals surface area contributed by atoms with Crippen LogP contribution in [0, 0.1) is 28.6 Å². The maximum atomic E-state index is 10.7. The van der Waals surface area contributed by atoms with Crippen LogP contribution in [-0.4, -0.2) is 30.2 Å². The molecule has 3 saturated carbocycles. The van der Waals surface area contributed by atoms with Gasteiger partial charge in [-0.05, 0) is 85.2 Å². The van der Waals surface area contributed by atoms with Gasteiger partial charge in [-0.2, -0.15) is 0 Å². The van der Waals surface area contributed by atoms with Crippen molar-refractivity contribution < 1.29 is 14.6 Å². The number of hydrogen-bond donors (Lipinski definition) is 1. The lowest BCUT2D eigenvalue weighted by molar-refractivity contribution is -0.0357. The minimum absolute atomic E-state index is 0.202. The maximum absolute atomic E-state index is 10.7. The number of aliphatic hydroxyl groups excluding tert-OH is 1. The summed E-state index contributed by atoms with van der Waals surface area (Å²) in [4.78, 5) is 0. The third-order valence-corrected chi connectivity index (χ3v) is 8.84. The second kappa shape index (κ2) is 5.43. The molecule has 1 aliphatic heterocycles. The van der Waals surface area contributed by atoms with Crippen molar-refractivity contribution in [3.63, 3.8) is 0 Å². The van der Waals surface area contributed by atoms with Crippen LogP contribution in [0.25, 0.3) is 0 Å². The van der Waals surface area contributed by atoms with Crippen LogP contribution in [0.2, 0.25) is 0 Å². The number of ether oxygens (including phenoxy) is 2. The van der Waals surface area contributed by atoms with Gasteiger partial charge in [0.05, 0.1) is 12.2 Å². The summed E-state index contributed by atoms with van der Waals surface area (Å²) < 4.78 is 11.8. The quantitative estimate of drug-likeness (QED) is 0.669. The molecular formula is C22H32O3. The Kier molecular flexibility index (Phi) is 3.59. The van der Waals surface area contributed by atoms with Crippen molar-refractivity contribution in [3.05, 3.63) is 23.3 Å². The minimum Gasteiger partial charge on any atom is -0.389 e. The van der Waals surface area contributed by atoms with Gasteiger partial charge in [0.15, 0.2) is 0 Å². The van der Waals surface area contributed by atoms with E-state index in [-0.39, 0.29) is 29.1 Å². The summed E-state index contributed by atoms with van der Waals surface area (Å²) in [7, 11) is 0. The highest BCUT2D eigenvalue weighted by molar-refractivity contribution is 5.33. The summed E-state index contributed by atoms with van der Waals surface area (Å²) >= 11 is 0. The van der Waals surface area contributed by atoms with Crippen molar-refractivity contribution in [2.45, 2.75) is 77.6 Å². The zero-order valence-corrected chi connectivity index (χ0v) is 15.8. The van der Waals surface area contributed by atoms with Crippen LogP contribution in [-0.2, 0) is 9.47 Å². The number of aliphatic hydroxyl groups is 1. The molecule has 0 amide bonds. The van der Waals surface area contributed by atoms with E-state index in [1.165, 1.54) is 30.4 Å². The molecule has 1 saturated heterocycles. The summed E-state index contributed by atoms with van der Waals surface area (Å²) in [6, 6.07) is 0. The van der Waals surface area contributed by atoms with Crippen molar-refractivity contribution in [2.24, 2.45) is 28.6 Å². The van der Waals surface area contributed by atoms with Gasteiger partial charge in [0.1, 0.15) is 12.9 Å². The van der Waals surface area contributed by atoms with Crippen molar-refractivity contribution in [3.8, 4) is 0 Å². The van der Waals surface area contributed by atoms with E-state index in [2.05, 4.69) is 32.9 Å². The number of hydrogen-bond acceptors (Lipinski definition) is 3. The molecule has 3 heteroatoms. The lowest BCUT2D eigenvalue weighted by Crippen LogP contribution is -2.52. The van der Waals surface area contributed by atoms with Crippen LogP contribution in [0.3, 0.4) is 0 Å². The zero-order valence-electron chi connectivity index (χ0n) is 15.8. The topological polar surface area (TPSA) is 38.7 Å². The number of fused-ring (bicyclic) bond motifs is 7. The van der Waals surface area contributed by atoms with Gasteiger partial charge in [0.2, 0.25) is 0 Å². The van der Waals surface area contributed by atoms with Gasteiger partial charge < -0.3 is 14.6 Å². The highest BCUT2D eigenvalue weighted by Crippen LogP contribution is 2.66. The molecule has 25 heavy (non-hydrogen) atoms. The van der Waals surface area contributed by atoms with Gasteiger partial charge in [-0.1, -0.05) is 26.0 Å². The number of rotatable bonds is 0. The predicted molar refractivity (Wildman–Crippen MR) is 96.8 cm³/mol. The van der Waals surface area contributed by atoms with E-state index in [4.69, 9.17) is 9.47 Å². The Morgan fingerprint density at radius 2 is 1.92 bits per heavy atom. The summed E-state index contributed by atoms with van der Waals surface area (Å²) in [5.74, 6) is 2.07.